The second-order valence-corrected chi connectivity index (χ2v) is 10.3. The summed E-state index contributed by atoms with van der Waals surface area (Å²) in [7, 11) is 1.43. The Labute approximate surface area is 222 Å². The van der Waals surface area contributed by atoms with Crippen molar-refractivity contribution in [3.8, 4) is 0 Å². The summed E-state index contributed by atoms with van der Waals surface area (Å²) in [5.41, 5.74) is 8.01. The Morgan fingerprint density at radius 2 is 1.62 bits per heavy atom. The second kappa shape index (κ2) is 12.1. The van der Waals surface area contributed by atoms with Gasteiger partial charge in [0, 0.05) is 7.05 Å². The molecule has 2 atom stereocenters. The number of amides is 4. The van der Waals surface area contributed by atoms with Crippen molar-refractivity contribution in [2.75, 3.05) is 12.4 Å². The van der Waals surface area contributed by atoms with Gasteiger partial charge in [-0.1, -0.05) is 41.9 Å². The number of nitrogens with two attached hydrogens (primary N) is 1. The first-order valence-corrected chi connectivity index (χ1v) is 12.2. The van der Waals surface area contributed by atoms with Gasteiger partial charge in [-0.3, -0.25) is 14.4 Å². The van der Waals surface area contributed by atoms with E-state index in [2.05, 4.69) is 10.6 Å². The van der Waals surface area contributed by atoms with Crippen LogP contribution in [0.4, 0.5) is 10.5 Å². The minimum Gasteiger partial charge on any atom is -0.444 e. The number of para-hydroxylation sites is 1. The molecule has 0 aliphatic heterocycles. The molecule has 0 saturated heterocycles. The van der Waals surface area contributed by atoms with Gasteiger partial charge in [-0.15, -0.1) is 0 Å². The minimum atomic E-state index is -1.35. The van der Waals surface area contributed by atoms with Crippen molar-refractivity contribution in [2.24, 2.45) is 5.73 Å². The topological polar surface area (TPSA) is 131 Å². The third kappa shape index (κ3) is 7.95. The Kier molecular flexibility index (Phi) is 9.69. The minimum absolute atomic E-state index is 0.347. The zero-order valence-electron chi connectivity index (χ0n) is 22.3. The number of alkyl carbamates (subject to hydrolysis) is 1. The Balaban J connectivity index is 2.50. The fraction of sp³-hybridized carbons (Fsp3) is 0.407. The number of likely N-dealkylation sites (N-methyl/N-ethyl adjacent to an activating group) is 1. The van der Waals surface area contributed by atoms with Crippen LogP contribution >= 0.6 is 11.6 Å². The Bertz CT molecular complexity index is 1170. The van der Waals surface area contributed by atoms with E-state index < -0.39 is 47.9 Å². The van der Waals surface area contributed by atoms with Gasteiger partial charge in [-0.05, 0) is 69.9 Å². The molecule has 10 heteroatoms. The van der Waals surface area contributed by atoms with Crippen LogP contribution in [0.3, 0.4) is 0 Å². The lowest BCUT2D eigenvalue weighted by Gasteiger charge is -2.32. The molecular weight excluding hydrogens is 496 g/mol. The van der Waals surface area contributed by atoms with Gasteiger partial charge in [0.15, 0.2) is 0 Å². The quantitative estimate of drug-likeness (QED) is 0.471. The number of nitrogens with zero attached hydrogens (tertiary/aromatic N) is 1. The molecule has 0 bridgehead atoms. The monoisotopic (exact) mass is 530 g/mol. The van der Waals surface area contributed by atoms with E-state index in [1.54, 1.807) is 58.0 Å². The number of carbonyl (C=O) groups is 4. The number of hydrogen-bond acceptors (Lipinski definition) is 5. The lowest BCUT2D eigenvalue weighted by molar-refractivity contribution is -0.140. The van der Waals surface area contributed by atoms with E-state index in [4.69, 9.17) is 22.1 Å². The third-order valence-electron chi connectivity index (χ3n) is 5.79. The van der Waals surface area contributed by atoms with Crippen LogP contribution in [-0.4, -0.2) is 47.4 Å². The van der Waals surface area contributed by atoms with Crippen LogP contribution in [0, 0.1) is 20.8 Å². The second-order valence-electron chi connectivity index (χ2n) is 9.93. The Morgan fingerprint density at radius 1 is 1.03 bits per heavy atom. The molecule has 2 rings (SSSR count). The van der Waals surface area contributed by atoms with Crippen molar-refractivity contribution < 1.29 is 23.9 Å². The molecule has 37 heavy (non-hydrogen) atoms. The van der Waals surface area contributed by atoms with Crippen molar-refractivity contribution in [3.63, 3.8) is 0 Å². The highest BCUT2D eigenvalue weighted by Gasteiger charge is 2.36. The van der Waals surface area contributed by atoms with Gasteiger partial charge in [0.2, 0.25) is 11.8 Å². The van der Waals surface area contributed by atoms with Gasteiger partial charge in [0.1, 0.15) is 17.7 Å². The molecule has 0 aliphatic carbocycles. The predicted octanol–water partition coefficient (Wildman–Crippen LogP) is 4.17. The highest BCUT2D eigenvalue weighted by molar-refractivity contribution is 6.34. The number of aryl methyl sites for hydroxylation is 2. The number of benzene rings is 2. The number of nitrogens with one attached hydrogen (secondary N) is 2. The first-order chi connectivity index (χ1) is 17.1. The molecular formula is C27H35ClN4O5. The summed E-state index contributed by atoms with van der Waals surface area (Å²) in [5, 5.41) is 5.61. The van der Waals surface area contributed by atoms with Gasteiger partial charge < -0.3 is 26.0 Å². The van der Waals surface area contributed by atoms with E-state index in [0.717, 1.165) is 16.7 Å². The summed E-state index contributed by atoms with van der Waals surface area (Å²) in [6.07, 6.45) is -1.37. The number of rotatable bonds is 8. The van der Waals surface area contributed by atoms with Crippen molar-refractivity contribution in [2.45, 2.75) is 65.6 Å². The SMILES string of the molecule is Cc1cccc(C(C(=O)Nc2c(C)cccc2Cl)N(C)C(=O)C(CC(N)=O)NC(=O)OC(C)(C)C)c1C. The Hall–Kier alpha value is -3.59. The number of ether oxygens (including phenoxy) is 1. The van der Waals surface area contributed by atoms with Crippen LogP contribution in [0.15, 0.2) is 36.4 Å². The maximum absolute atomic E-state index is 13.7. The van der Waals surface area contributed by atoms with Crippen LogP contribution in [-0.2, 0) is 19.1 Å². The van der Waals surface area contributed by atoms with E-state index in [1.807, 2.05) is 19.9 Å². The fourth-order valence-electron chi connectivity index (χ4n) is 3.80. The predicted molar refractivity (Wildman–Crippen MR) is 143 cm³/mol. The third-order valence-corrected chi connectivity index (χ3v) is 6.10. The molecule has 0 heterocycles. The molecule has 2 unspecified atom stereocenters. The maximum atomic E-state index is 13.7. The van der Waals surface area contributed by atoms with Crippen molar-refractivity contribution in [1.82, 2.24) is 10.2 Å². The van der Waals surface area contributed by atoms with Crippen molar-refractivity contribution >= 4 is 41.1 Å². The highest BCUT2D eigenvalue weighted by Crippen LogP contribution is 2.30. The molecule has 0 fully saturated rings. The van der Waals surface area contributed by atoms with Gasteiger partial charge in [-0.25, -0.2) is 4.79 Å². The summed E-state index contributed by atoms with van der Waals surface area (Å²) in [6.45, 7) is 10.6. The largest absolute Gasteiger partial charge is 0.444 e. The molecule has 9 nitrogen and oxygen atoms in total. The van der Waals surface area contributed by atoms with Crippen molar-refractivity contribution in [3.05, 3.63) is 63.7 Å². The molecule has 4 N–H and O–H groups in total. The van der Waals surface area contributed by atoms with Crippen LogP contribution in [0.5, 0.6) is 0 Å². The molecule has 2 aromatic rings. The fourth-order valence-corrected chi connectivity index (χ4v) is 4.07. The first-order valence-electron chi connectivity index (χ1n) is 11.8. The molecule has 0 aliphatic rings. The number of carbonyl (C=O) groups excluding carboxylic acids is 4. The first kappa shape index (κ1) is 29.6. The molecule has 2 aromatic carbocycles. The number of anilines is 1. The van der Waals surface area contributed by atoms with Crippen LogP contribution in [0.2, 0.25) is 5.02 Å². The molecule has 0 aromatic heterocycles. The number of primary amides is 1. The number of hydrogen-bond donors (Lipinski definition) is 3. The van der Waals surface area contributed by atoms with Gasteiger partial charge in [0.05, 0.1) is 17.1 Å². The summed E-state index contributed by atoms with van der Waals surface area (Å²) in [6, 6.07) is 8.20. The highest BCUT2D eigenvalue weighted by atomic mass is 35.5. The molecule has 0 radical (unpaired) electrons. The summed E-state index contributed by atoms with van der Waals surface area (Å²) < 4.78 is 5.25. The molecule has 0 spiro atoms. The Morgan fingerprint density at radius 3 is 2.19 bits per heavy atom. The lowest BCUT2D eigenvalue weighted by Crippen LogP contribution is -2.52. The van der Waals surface area contributed by atoms with Gasteiger partial charge in [-0.2, -0.15) is 0 Å². The molecule has 200 valence electrons. The molecule has 0 saturated carbocycles. The number of halogens is 1. The van der Waals surface area contributed by atoms with E-state index in [0.29, 0.717) is 16.3 Å². The average molecular weight is 531 g/mol. The standard InChI is InChI=1S/C27H35ClN4O5/c1-15-10-8-12-18(17(15)3)23(24(34)31-22-16(2)11-9-13-19(22)28)32(7)25(35)20(14-21(29)33)30-26(36)37-27(4,5)6/h8-13,20,23H,14H2,1-7H3,(H2,29,33)(H,30,36)(H,31,34). The van der Waals surface area contributed by atoms with E-state index in [9.17, 15) is 19.2 Å². The average Bonchev–Trinajstić information content (AvgIpc) is 2.76. The summed E-state index contributed by atoms with van der Waals surface area (Å²) in [5.74, 6) is -2.01. The van der Waals surface area contributed by atoms with E-state index >= 15 is 0 Å². The van der Waals surface area contributed by atoms with E-state index in [-0.39, 0.29) is 0 Å². The summed E-state index contributed by atoms with van der Waals surface area (Å²) in [4.78, 5) is 52.7. The zero-order chi connectivity index (χ0) is 28.1. The van der Waals surface area contributed by atoms with Crippen molar-refractivity contribution in [1.29, 1.82) is 0 Å². The van der Waals surface area contributed by atoms with Gasteiger partial charge >= 0.3 is 6.09 Å². The summed E-state index contributed by atoms with van der Waals surface area (Å²) >= 11 is 6.33. The molecule has 4 amide bonds. The van der Waals surface area contributed by atoms with Crippen LogP contribution in [0.25, 0.3) is 0 Å². The zero-order valence-corrected chi connectivity index (χ0v) is 23.0. The normalized spacial score (nSPS) is 12.8. The van der Waals surface area contributed by atoms with E-state index in [1.165, 1.54) is 11.9 Å². The van der Waals surface area contributed by atoms with Crippen LogP contribution in [0.1, 0.15) is 55.5 Å². The maximum Gasteiger partial charge on any atom is 0.408 e. The van der Waals surface area contributed by atoms with Gasteiger partial charge in [0.25, 0.3) is 5.91 Å². The van der Waals surface area contributed by atoms with Crippen LogP contribution < -0.4 is 16.4 Å². The smallest absolute Gasteiger partial charge is 0.408 e. The lowest BCUT2D eigenvalue weighted by atomic mass is 9.95.